The molecule has 0 aliphatic heterocycles. The minimum Gasteiger partial charge on any atom is -0.444 e. The molecule has 0 aliphatic rings. The zero-order valence-corrected chi connectivity index (χ0v) is 22.2. The van der Waals surface area contributed by atoms with Crippen LogP contribution in [0, 0.1) is 0 Å². The van der Waals surface area contributed by atoms with Crippen molar-refractivity contribution >= 4 is 28.5 Å². The molecule has 3 aromatic rings. The van der Waals surface area contributed by atoms with E-state index in [2.05, 4.69) is 15.4 Å². The van der Waals surface area contributed by atoms with Crippen LogP contribution in [-0.2, 0) is 15.7 Å². The quantitative estimate of drug-likeness (QED) is 0.382. The van der Waals surface area contributed by atoms with E-state index in [0.717, 1.165) is 11.1 Å². The lowest BCUT2D eigenvalue weighted by Gasteiger charge is -2.32. The molecule has 3 atom stereocenters. The lowest BCUT2D eigenvalue weighted by Crippen LogP contribution is -2.43. The van der Waals surface area contributed by atoms with Crippen molar-refractivity contribution in [2.75, 3.05) is 10.0 Å². The molecule has 3 aromatic carbocycles. The largest absolute Gasteiger partial charge is 0.444 e. The standard InChI is InChI=1S/C27H33N3O5S/c1-26(2,3)35-25(33)29-20(18-15-11-8-12-16-18)19(17-13-9-7-10-14-17)28-21-22(24(32)23(21)31)30-36(34)27(4,5)6/h7-16,19-20,28,30H,1-6H3,(H,29,33). The number of anilines is 2. The summed E-state index contributed by atoms with van der Waals surface area (Å²) in [6.07, 6.45) is -0.628. The van der Waals surface area contributed by atoms with Crippen LogP contribution in [0.5, 0.6) is 0 Å². The number of hydrogen-bond donors (Lipinski definition) is 3. The summed E-state index contributed by atoms with van der Waals surface area (Å²) in [6, 6.07) is 17.2. The SMILES string of the molecule is CC(C)(C)OC(=O)NC(c1ccccc1)C(Nc1c(NS(=O)C(C)(C)C)c(=O)c1=O)c1ccccc1. The summed E-state index contributed by atoms with van der Waals surface area (Å²) >= 11 is 0. The van der Waals surface area contributed by atoms with Crippen LogP contribution in [0.1, 0.15) is 64.8 Å². The van der Waals surface area contributed by atoms with E-state index in [1.165, 1.54) is 0 Å². The number of hydrogen-bond acceptors (Lipinski definition) is 6. The normalized spacial score (nSPS) is 14.5. The molecule has 8 nitrogen and oxygen atoms in total. The van der Waals surface area contributed by atoms with Crippen LogP contribution in [-0.4, -0.2) is 20.7 Å². The van der Waals surface area contributed by atoms with Crippen LogP contribution in [0.2, 0.25) is 0 Å². The molecule has 0 radical (unpaired) electrons. The molecule has 1 amide bonds. The molecule has 0 aromatic heterocycles. The topological polar surface area (TPSA) is 114 Å². The summed E-state index contributed by atoms with van der Waals surface area (Å²) in [5.74, 6) is 0. The Morgan fingerprint density at radius 3 is 1.72 bits per heavy atom. The van der Waals surface area contributed by atoms with Crippen molar-refractivity contribution in [1.82, 2.24) is 5.32 Å². The highest BCUT2D eigenvalue weighted by Crippen LogP contribution is 2.34. The first-order valence-electron chi connectivity index (χ1n) is 11.7. The van der Waals surface area contributed by atoms with E-state index in [1.54, 1.807) is 41.5 Å². The van der Waals surface area contributed by atoms with E-state index in [1.807, 2.05) is 60.7 Å². The van der Waals surface area contributed by atoms with Gasteiger partial charge in [0.2, 0.25) is 0 Å². The number of carbonyl (C=O) groups is 1. The first kappa shape index (κ1) is 27.1. The van der Waals surface area contributed by atoms with Gasteiger partial charge >= 0.3 is 6.09 Å². The summed E-state index contributed by atoms with van der Waals surface area (Å²) in [7, 11) is -1.61. The van der Waals surface area contributed by atoms with E-state index in [0.29, 0.717) is 0 Å². The highest BCUT2D eigenvalue weighted by molar-refractivity contribution is 7.87. The molecule has 36 heavy (non-hydrogen) atoms. The monoisotopic (exact) mass is 511 g/mol. The van der Waals surface area contributed by atoms with Gasteiger partial charge in [0, 0.05) is 0 Å². The third kappa shape index (κ3) is 6.60. The molecule has 0 aliphatic carbocycles. The summed E-state index contributed by atoms with van der Waals surface area (Å²) in [5, 5.41) is 6.09. The average Bonchev–Trinajstić information content (AvgIpc) is 2.81. The molecule has 192 valence electrons. The zero-order chi connectivity index (χ0) is 26.7. The second kappa shape index (κ2) is 10.7. The van der Waals surface area contributed by atoms with Crippen molar-refractivity contribution in [3.8, 4) is 0 Å². The van der Waals surface area contributed by atoms with Gasteiger partial charge in [-0.05, 0) is 52.7 Å². The van der Waals surface area contributed by atoms with Crippen molar-refractivity contribution in [3.63, 3.8) is 0 Å². The second-order valence-corrected chi connectivity index (χ2v) is 12.4. The fraction of sp³-hybridized carbons (Fsp3) is 0.370. The van der Waals surface area contributed by atoms with Crippen molar-refractivity contribution in [2.24, 2.45) is 0 Å². The third-order valence-corrected chi connectivity index (χ3v) is 6.79. The highest BCUT2D eigenvalue weighted by Gasteiger charge is 2.33. The van der Waals surface area contributed by atoms with Gasteiger partial charge in [0.1, 0.15) is 28.0 Å². The minimum atomic E-state index is -1.61. The molecular formula is C27H33N3O5S. The maximum absolute atomic E-state index is 12.8. The minimum absolute atomic E-state index is 0.0263. The van der Waals surface area contributed by atoms with Crippen LogP contribution in [0.25, 0.3) is 0 Å². The number of amides is 1. The van der Waals surface area contributed by atoms with Gasteiger partial charge in [-0.25, -0.2) is 9.00 Å². The van der Waals surface area contributed by atoms with Gasteiger partial charge in [0.05, 0.1) is 16.8 Å². The average molecular weight is 512 g/mol. The van der Waals surface area contributed by atoms with Gasteiger partial charge in [-0.2, -0.15) is 0 Å². The van der Waals surface area contributed by atoms with Gasteiger partial charge in [0.15, 0.2) is 0 Å². The Balaban J connectivity index is 2.05. The summed E-state index contributed by atoms with van der Waals surface area (Å²) in [6.45, 7) is 10.6. The van der Waals surface area contributed by atoms with Crippen LogP contribution in [0.15, 0.2) is 70.3 Å². The van der Waals surface area contributed by atoms with Gasteiger partial charge in [0.25, 0.3) is 10.9 Å². The van der Waals surface area contributed by atoms with Crippen LogP contribution >= 0.6 is 0 Å². The Morgan fingerprint density at radius 2 is 1.25 bits per heavy atom. The number of rotatable bonds is 8. The van der Waals surface area contributed by atoms with Gasteiger partial charge in [-0.3, -0.25) is 14.3 Å². The molecule has 0 saturated carbocycles. The highest BCUT2D eigenvalue weighted by atomic mass is 32.2. The molecule has 3 N–H and O–H groups in total. The predicted molar refractivity (Wildman–Crippen MR) is 144 cm³/mol. The fourth-order valence-corrected chi connectivity index (χ4v) is 4.19. The van der Waals surface area contributed by atoms with Gasteiger partial charge in [-0.1, -0.05) is 60.7 Å². The molecule has 3 rings (SSSR count). The molecule has 3 unspecified atom stereocenters. The summed E-state index contributed by atoms with van der Waals surface area (Å²) in [5.41, 5.74) is -0.647. The molecule has 0 saturated heterocycles. The first-order chi connectivity index (χ1) is 16.8. The van der Waals surface area contributed by atoms with Crippen LogP contribution in [0.4, 0.5) is 16.2 Å². The number of alkyl carbamates (subject to hydrolysis) is 1. The lowest BCUT2D eigenvalue weighted by atomic mass is 9.92. The molecular weight excluding hydrogens is 478 g/mol. The van der Waals surface area contributed by atoms with Crippen molar-refractivity contribution in [1.29, 1.82) is 0 Å². The van der Waals surface area contributed by atoms with Crippen LogP contribution < -0.4 is 26.2 Å². The van der Waals surface area contributed by atoms with Crippen molar-refractivity contribution < 1.29 is 13.7 Å². The summed E-state index contributed by atoms with van der Waals surface area (Å²) in [4.78, 5) is 37.8. The molecule has 9 heteroatoms. The fourth-order valence-electron chi connectivity index (χ4n) is 3.50. The van der Waals surface area contributed by atoms with Crippen molar-refractivity contribution in [3.05, 3.63) is 92.2 Å². The number of ether oxygens (including phenoxy) is 1. The van der Waals surface area contributed by atoms with Gasteiger partial charge in [-0.15, -0.1) is 0 Å². The number of nitrogens with one attached hydrogen (secondary N) is 3. The van der Waals surface area contributed by atoms with Crippen molar-refractivity contribution in [2.45, 2.75) is 64.0 Å². The third-order valence-electron chi connectivity index (χ3n) is 5.28. The predicted octanol–water partition coefficient (Wildman–Crippen LogP) is 4.58. The Morgan fingerprint density at radius 1 is 0.778 bits per heavy atom. The molecule has 0 fully saturated rings. The van der Waals surface area contributed by atoms with Crippen LogP contribution in [0.3, 0.4) is 0 Å². The lowest BCUT2D eigenvalue weighted by molar-refractivity contribution is 0.0497. The maximum Gasteiger partial charge on any atom is 0.408 e. The van der Waals surface area contributed by atoms with E-state index < -0.39 is 50.4 Å². The molecule has 0 spiro atoms. The smallest absolute Gasteiger partial charge is 0.408 e. The Hall–Kier alpha value is -3.46. The first-order valence-corrected chi connectivity index (χ1v) is 12.8. The van der Waals surface area contributed by atoms with Gasteiger partial charge < -0.3 is 15.4 Å². The van der Waals surface area contributed by atoms with E-state index >= 15 is 0 Å². The maximum atomic E-state index is 12.8. The molecule has 0 heterocycles. The number of carbonyl (C=O) groups excluding carboxylic acids is 1. The summed E-state index contributed by atoms with van der Waals surface area (Å²) < 4.78 is 20.2. The zero-order valence-electron chi connectivity index (χ0n) is 21.4. The number of benzene rings is 2. The molecule has 0 bridgehead atoms. The van der Waals surface area contributed by atoms with E-state index in [9.17, 15) is 18.6 Å². The van der Waals surface area contributed by atoms with E-state index in [4.69, 9.17) is 4.74 Å². The Kier molecular flexibility index (Phi) is 8.03. The Labute approximate surface area is 213 Å². The second-order valence-electron chi connectivity index (χ2n) is 10.5. The van der Waals surface area contributed by atoms with E-state index in [-0.39, 0.29) is 11.4 Å². The Bertz CT molecular complexity index is 1290.